The maximum atomic E-state index is 13.7. The molecule has 2 rings (SSSR count). The minimum atomic E-state index is -1.92. The average Bonchev–Trinajstić information content (AvgIpc) is 4.07. The number of rotatable bonds is 43. The van der Waals surface area contributed by atoms with Crippen LogP contribution in [0.1, 0.15) is 206 Å². The van der Waals surface area contributed by atoms with Crippen LogP contribution in [-0.4, -0.2) is 137 Å². The van der Waals surface area contributed by atoms with Crippen LogP contribution >= 0.6 is 0 Å². The molecule has 68 heavy (non-hydrogen) atoms. The van der Waals surface area contributed by atoms with Gasteiger partial charge in [0.2, 0.25) is 12.2 Å². The van der Waals surface area contributed by atoms with Crippen molar-refractivity contribution in [2.24, 2.45) is 0 Å². The van der Waals surface area contributed by atoms with Crippen LogP contribution in [0.25, 0.3) is 0 Å². The normalized spacial score (nSPS) is 14.8. The summed E-state index contributed by atoms with van der Waals surface area (Å²) in [7, 11) is 0. The molecule has 0 aromatic rings. The molecule has 2 aliphatic heterocycles. The van der Waals surface area contributed by atoms with Gasteiger partial charge in [0, 0.05) is 25.9 Å². The topological polar surface area (TPSA) is 188 Å². The van der Waals surface area contributed by atoms with Crippen LogP contribution in [0.4, 0.5) is 9.59 Å². The molecule has 2 atom stereocenters. The van der Waals surface area contributed by atoms with E-state index in [2.05, 4.69) is 34.3 Å². The Morgan fingerprint density at radius 1 is 0.397 bits per heavy atom. The Hall–Kier alpha value is -3.66. The molecule has 2 unspecified atom stereocenters. The van der Waals surface area contributed by atoms with E-state index in [1.165, 1.54) is 51.4 Å². The summed E-state index contributed by atoms with van der Waals surface area (Å²) in [4.78, 5) is 82.6. The van der Waals surface area contributed by atoms with Gasteiger partial charge in [-0.05, 0) is 116 Å². The zero-order chi connectivity index (χ0) is 49.1. The van der Waals surface area contributed by atoms with Gasteiger partial charge >= 0.3 is 36.1 Å². The van der Waals surface area contributed by atoms with Gasteiger partial charge in [-0.15, -0.1) is 0 Å². The van der Waals surface area contributed by atoms with Crippen molar-refractivity contribution in [3.63, 3.8) is 0 Å². The smallest absolute Gasteiger partial charge is 0.408 e. The lowest BCUT2D eigenvalue weighted by Crippen LogP contribution is -2.50. The van der Waals surface area contributed by atoms with E-state index in [1.54, 1.807) is 0 Å². The molecule has 2 heterocycles. The van der Waals surface area contributed by atoms with Crippen LogP contribution in [0, 0.1) is 0 Å². The highest BCUT2D eigenvalue weighted by molar-refractivity contribution is 5.89. The van der Waals surface area contributed by atoms with Crippen molar-refractivity contribution in [2.75, 3.05) is 78.8 Å². The van der Waals surface area contributed by atoms with Gasteiger partial charge in [0.05, 0.1) is 26.4 Å². The lowest BCUT2D eigenvalue weighted by molar-refractivity contribution is -0.173. The summed E-state index contributed by atoms with van der Waals surface area (Å²) in [5.41, 5.74) is 0. The minimum Gasteiger partial charge on any atom is -0.466 e. The average molecular weight is 967 g/mol. The van der Waals surface area contributed by atoms with E-state index in [0.29, 0.717) is 77.4 Å². The molecule has 0 bridgehead atoms. The summed E-state index contributed by atoms with van der Waals surface area (Å²) in [6.07, 6.45) is 21.6. The maximum Gasteiger partial charge on any atom is 0.408 e. The molecule has 16 nitrogen and oxygen atoms in total. The second-order valence-electron chi connectivity index (χ2n) is 18.7. The summed E-state index contributed by atoms with van der Waals surface area (Å²) < 4.78 is 33.0. The van der Waals surface area contributed by atoms with Crippen LogP contribution in [0.15, 0.2) is 0 Å². The number of amides is 2. The van der Waals surface area contributed by atoms with Gasteiger partial charge in [0.1, 0.15) is 0 Å². The Morgan fingerprint density at radius 2 is 0.706 bits per heavy atom. The van der Waals surface area contributed by atoms with E-state index < -0.39 is 36.3 Å². The Labute approximate surface area is 410 Å². The molecular weight excluding hydrogens is 873 g/mol. The number of carbonyl (C=O) groups excluding carboxylic acids is 6. The van der Waals surface area contributed by atoms with E-state index in [9.17, 15) is 28.8 Å². The number of nitrogens with zero attached hydrogens (tertiary/aromatic N) is 2. The number of likely N-dealkylation sites (tertiary alicyclic amines) is 2. The van der Waals surface area contributed by atoms with Crippen LogP contribution in [0.2, 0.25) is 0 Å². The fraction of sp³-hybridized carbons (Fsp3) is 0.885. The molecule has 2 fully saturated rings. The quantitative estimate of drug-likeness (QED) is 0.0334. The Bertz CT molecular complexity index is 1230. The SMILES string of the molecule is CCCCCCCCOC(=O)CCCCCCCOC(=O)C(OC(=O)NCCCN1CCCC1)C(OC(=O)NCCCN1CCCC1)C(=O)OCCCCCCCC(=O)OCCCCCCCC. The highest BCUT2D eigenvalue weighted by atomic mass is 16.6. The molecular formula is C52H94N4O12. The van der Waals surface area contributed by atoms with E-state index in [0.717, 1.165) is 116 Å². The van der Waals surface area contributed by atoms with Gasteiger partial charge in [-0.2, -0.15) is 0 Å². The van der Waals surface area contributed by atoms with Crippen molar-refractivity contribution < 1.29 is 57.2 Å². The van der Waals surface area contributed by atoms with Crippen molar-refractivity contribution >= 4 is 36.1 Å². The van der Waals surface area contributed by atoms with Crippen LogP contribution in [0.3, 0.4) is 0 Å². The van der Waals surface area contributed by atoms with Gasteiger partial charge in [0.25, 0.3) is 0 Å². The molecule has 16 heteroatoms. The standard InChI is InChI=1S/C52H94N4O12/c1-3-5-7-9-15-25-41-63-45(57)31-19-13-11-17-27-43-65-49(59)47(67-51(61)53-33-29-39-55-35-21-22-36-55)48(68-52(62)54-34-30-40-56-37-23-24-38-56)50(60)66-44-28-18-12-14-20-32-46(58)64-42-26-16-10-8-6-4-2/h47-48H,3-44H2,1-2H3,(H,53,61)(H,54,62). The van der Waals surface area contributed by atoms with Gasteiger partial charge in [0.15, 0.2) is 0 Å². The van der Waals surface area contributed by atoms with Crippen molar-refractivity contribution in [2.45, 2.75) is 219 Å². The zero-order valence-electron chi connectivity index (χ0n) is 42.6. The second kappa shape index (κ2) is 42.2. The van der Waals surface area contributed by atoms with E-state index in [4.69, 9.17) is 28.4 Å². The fourth-order valence-corrected chi connectivity index (χ4v) is 8.37. The summed E-state index contributed by atoms with van der Waals surface area (Å²) in [5, 5.41) is 5.34. The molecule has 0 aromatic carbocycles. The number of alkyl carbamates (subject to hydrolysis) is 2. The van der Waals surface area contributed by atoms with Gasteiger partial charge in [-0.1, -0.05) is 117 Å². The Morgan fingerprint density at radius 3 is 1.06 bits per heavy atom. The molecule has 2 amide bonds. The van der Waals surface area contributed by atoms with Gasteiger partial charge < -0.3 is 48.9 Å². The van der Waals surface area contributed by atoms with Crippen LogP contribution in [-0.2, 0) is 47.6 Å². The molecule has 0 aromatic heterocycles. The number of ether oxygens (including phenoxy) is 6. The first-order valence-corrected chi connectivity index (χ1v) is 27.2. The number of hydrogen-bond acceptors (Lipinski definition) is 14. The maximum absolute atomic E-state index is 13.7. The minimum absolute atomic E-state index is 0.0161. The number of unbranched alkanes of at least 4 members (excludes halogenated alkanes) is 18. The first-order chi connectivity index (χ1) is 33.2. The van der Waals surface area contributed by atoms with Crippen LogP contribution in [0.5, 0.6) is 0 Å². The molecule has 394 valence electrons. The molecule has 2 aliphatic rings. The lowest BCUT2D eigenvalue weighted by atomic mass is 10.1. The summed E-state index contributed by atoms with van der Waals surface area (Å²) >= 11 is 0. The molecule has 0 saturated carbocycles. The molecule has 2 saturated heterocycles. The first-order valence-electron chi connectivity index (χ1n) is 27.2. The second-order valence-corrected chi connectivity index (χ2v) is 18.7. The summed E-state index contributed by atoms with van der Waals surface area (Å²) in [6, 6.07) is 0. The monoisotopic (exact) mass is 967 g/mol. The Kier molecular flexibility index (Phi) is 37.6. The molecule has 2 N–H and O–H groups in total. The summed E-state index contributed by atoms with van der Waals surface area (Å²) in [6.45, 7) is 11.5. The molecule has 0 spiro atoms. The van der Waals surface area contributed by atoms with E-state index in [-0.39, 0.29) is 38.2 Å². The van der Waals surface area contributed by atoms with Crippen molar-refractivity contribution in [1.29, 1.82) is 0 Å². The number of hydrogen-bond donors (Lipinski definition) is 2. The van der Waals surface area contributed by atoms with Crippen LogP contribution < -0.4 is 10.6 Å². The third-order valence-corrected chi connectivity index (χ3v) is 12.5. The highest BCUT2D eigenvalue weighted by Crippen LogP contribution is 2.16. The highest BCUT2D eigenvalue weighted by Gasteiger charge is 2.43. The number of nitrogens with one attached hydrogen (secondary N) is 2. The predicted molar refractivity (Wildman–Crippen MR) is 263 cm³/mol. The third-order valence-electron chi connectivity index (χ3n) is 12.5. The van der Waals surface area contributed by atoms with E-state index >= 15 is 0 Å². The molecule has 0 aliphatic carbocycles. The fourth-order valence-electron chi connectivity index (χ4n) is 8.37. The van der Waals surface area contributed by atoms with E-state index in [1.807, 2.05) is 0 Å². The van der Waals surface area contributed by atoms with Crippen molar-refractivity contribution in [1.82, 2.24) is 20.4 Å². The zero-order valence-corrected chi connectivity index (χ0v) is 42.6. The third kappa shape index (κ3) is 33.0. The number of carbonyl (C=O) groups is 6. The van der Waals surface area contributed by atoms with Gasteiger partial charge in [-0.3, -0.25) is 9.59 Å². The summed E-state index contributed by atoms with van der Waals surface area (Å²) in [5.74, 6) is -2.41. The Balaban J connectivity index is 1.90. The van der Waals surface area contributed by atoms with Crippen molar-refractivity contribution in [3.05, 3.63) is 0 Å². The lowest BCUT2D eigenvalue weighted by Gasteiger charge is -2.25. The largest absolute Gasteiger partial charge is 0.466 e. The van der Waals surface area contributed by atoms with Crippen molar-refractivity contribution in [3.8, 4) is 0 Å². The predicted octanol–water partition coefficient (Wildman–Crippen LogP) is 9.72. The van der Waals surface area contributed by atoms with Gasteiger partial charge in [-0.25, -0.2) is 19.2 Å². The number of esters is 4. The molecule has 0 radical (unpaired) electrons. The first kappa shape index (κ1) is 60.5.